The lowest BCUT2D eigenvalue weighted by molar-refractivity contribution is 0.305. The van der Waals surface area contributed by atoms with Crippen LogP contribution >= 0.6 is 0 Å². The van der Waals surface area contributed by atoms with Crippen molar-refractivity contribution in [3.63, 3.8) is 0 Å². The SMILES string of the molecule is NC(c1ccccc1)C1[CH]CC(c2cccc(OCc3ccccc3)c2)CC1. The maximum absolute atomic E-state index is 6.52. The fourth-order valence-corrected chi connectivity index (χ4v) is 4.12. The second-order valence-corrected chi connectivity index (χ2v) is 7.69. The predicted molar refractivity (Wildman–Crippen MR) is 115 cm³/mol. The highest BCUT2D eigenvalue weighted by molar-refractivity contribution is 5.32. The Labute approximate surface area is 168 Å². The third-order valence-corrected chi connectivity index (χ3v) is 5.80. The minimum atomic E-state index is 0.0997. The Bertz CT molecular complexity index is 854. The van der Waals surface area contributed by atoms with Crippen LogP contribution in [-0.4, -0.2) is 0 Å². The molecule has 0 saturated heterocycles. The molecule has 0 bridgehead atoms. The van der Waals surface area contributed by atoms with Crippen LogP contribution in [0, 0.1) is 12.3 Å². The molecular formula is C26H28NO. The second-order valence-electron chi connectivity index (χ2n) is 7.69. The summed E-state index contributed by atoms with van der Waals surface area (Å²) in [7, 11) is 0. The summed E-state index contributed by atoms with van der Waals surface area (Å²) in [5, 5.41) is 0. The van der Waals surface area contributed by atoms with Gasteiger partial charge in [0.2, 0.25) is 0 Å². The van der Waals surface area contributed by atoms with Crippen LogP contribution in [0.5, 0.6) is 5.75 Å². The molecular weight excluding hydrogens is 342 g/mol. The van der Waals surface area contributed by atoms with Gasteiger partial charge in [0.15, 0.2) is 0 Å². The molecule has 1 radical (unpaired) electrons. The molecule has 4 rings (SSSR count). The number of benzene rings is 3. The monoisotopic (exact) mass is 370 g/mol. The van der Waals surface area contributed by atoms with Gasteiger partial charge in [0.25, 0.3) is 0 Å². The lowest BCUT2D eigenvalue weighted by atomic mass is 9.75. The van der Waals surface area contributed by atoms with Crippen molar-refractivity contribution < 1.29 is 4.74 Å². The summed E-state index contributed by atoms with van der Waals surface area (Å²) in [5.74, 6) is 1.96. The first-order valence-corrected chi connectivity index (χ1v) is 10.2. The Kier molecular flexibility index (Phi) is 6.08. The van der Waals surface area contributed by atoms with Gasteiger partial charge in [0, 0.05) is 6.04 Å². The summed E-state index contributed by atoms with van der Waals surface area (Å²) in [6, 6.07) is 29.5. The van der Waals surface area contributed by atoms with Gasteiger partial charge < -0.3 is 10.5 Å². The average molecular weight is 371 g/mol. The van der Waals surface area contributed by atoms with Crippen molar-refractivity contribution in [3.8, 4) is 5.75 Å². The van der Waals surface area contributed by atoms with Gasteiger partial charge in [-0.2, -0.15) is 0 Å². The smallest absolute Gasteiger partial charge is 0.120 e. The van der Waals surface area contributed by atoms with Gasteiger partial charge >= 0.3 is 0 Å². The summed E-state index contributed by atoms with van der Waals surface area (Å²) < 4.78 is 6.01. The third-order valence-electron chi connectivity index (χ3n) is 5.80. The third kappa shape index (κ3) is 4.63. The molecule has 0 aromatic heterocycles. The van der Waals surface area contributed by atoms with Gasteiger partial charge in [0.1, 0.15) is 12.4 Å². The molecule has 3 unspecified atom stereocenters. The topological polar surface area (TPSA) is 35.2 Å². The highest BCUT2D eigenvalue weighted by Gasteiger charge is 2.27. The van der Waals surface area contributed by atoms with E-state index in [0.717, 1.165) is 18.6 Å². The molecule has 3 atom stereocenters. The lowest BCUT2D eigenvalue weighted by Crippen LogP contribution is -2.26. The van der Waals surface area contributed by atoms with Gasteiger partial charge in [-0.3, -0.25) is 0 Å². The minimum absolute atomic E-state index is 0.0997. The van der Waals surface area contributed by atoms with Crippen LogP contribution in [0.15, 0.2) is 84.9 Å². The second kappa shape index (κ2) is 9.07. The van der Waals surface area contributed by atoms with Crippen LogP contribution in [0.3, 0.4) is 0 Å². The Hall–Kier alpha value is -2.58. The van der Waals surface area contributed by atoms with Crippen molar-refractivity contribution in [2.45, 2.75) is 37.8 Å². The molecule has 0 spiro atoms. The van der Waals surface area contributed by atoms with Gasteiger partial charge in [-0.25, -0.2) is 0 Å². The van der Waals surface area contributed by atoms with E-state index < -0.39 is 0 Å². The first-order chi connectivity index (χ1) is 13.8. The standard InChI is InChI=1S/C26H28NO/c27-26(22-10-5-2-6-11-22)23-16-14-21(15-17-23)24-12-7-13-25(18-24)28-19-20-8-3-1-4-9-20/h1-13,16,18,21,23,26H,14-15,17,19,27H2. The molecule has 1 saturated carbocycles. The van der Waals surface area contributed by atoms with Crippen molar-refractivity contribution in [2.24, 2.45) is 11.7 Å². The normalized spacial score (nSPS) is 20.5. The molecule has 0 aliphatic heterocycles. The fraction of sp³-hybridized carbons (Fsp3) is 0.269. The van der Waals surface area contributed by atoms with Gasteiger partial charge in [-0.05, 0) is 66.3 Å². The molecule has 2 N–H and O–H groups in total. The van der Waals surface area contributed by atoms with Crippen LogP contribution in [0.25, 0.3) is 0 Å². The van der Waals surface area contributed by atoms with E-state index in [1.807, 2.05) is 30.3 Å². The van der Waals surface area contributed by atoms with E-state index in [4.69, 9.17) is 10.5 Å². The number of hydrogen-bond acceptors (Lipinski definition) is 2. The quantitative estimate of drug-likeness (QED) is 0.573. The molecule has 143 valence electrons. The van der Waals surface area contributed by atoms with Crippen LogP contribution in [-0.2, 0) is 6.61 Å². The maximum atomic E-state index is 6.52. The molecule has 1 fully saturated rings. The summed E-state index contributed by atoms with van der Waals surface area (Å²) in [4.78, 5) is 0. The highest BCUT2D eigenvalue weighted by atomic mass is 16.5. The zero-order valence-electron chi connectivity index (χ0n) is 16.2. The fourth-order valence-electron chi connectivity index (χ4n) is 4.12. The molecule has 28 heavy (non-hydrogen) atoms. The molecule has 2 nitrogen and oxygen atoms in total. The predicted octanol–water partition coefficient (Wildman–Crippen LogP) is 6.05. The molecule has 1 aliphatic rings. The van der Waals surface area contributed by atoms with E-state index in [2.05, 4.69) is 61.0 Å². The number of rotatable bonds is 6. The maximum Gasteiger partial charge on any atom is 0.120 e. The molecule has 1 aliphatic carbocycles. The summed E-state index contributed by atoms with van der Waals surface area (Å²) in [5.41, 5.74) is 10.3. The van der Waals surface area contributed by atoms with Gasteiger partial charge in [-0.1, -0.05) is 72.8 Å². The van der Waals surface area contributed by atoms with Crippen molar-refractivity contribution in [1.29, 1.82) is 0 Å². The Morgan fingerprint density at radius 2 is 1.61 bits per heavy atom. The Morgan fingerprint density at radius 3 is 2.32 bits per heavy atom. The van der Waals surface area contributed by atoms with Gasteiger partial charge in [0.05, 0.1) is 0 Å². The van der Waals surface area contributed by atoms with Crippen molar-refractivity contribution in [2.75, 3.05) is 0 Å². The van der Waals surface area contributed by atoms with Crippen LogP contribution < -0.4 is 10.5 Å². The Balaban J connectivity index is 1.34. The Morgan fingerprint density at radius 1 is 0.857 bits per heavy atom. The molecule has 0 amide bonds. The molecule has 3 aromatic carbocycles. The molecule has 0 heterocycles. The number of ether oxygens (including phenoxy) is 1. The largest absolute Gasteiger partial charge is 0.489 e. The van der Waals surface area contributed by atoms with E-state index in [9.17, 15) is 0 Å². The highest BCUT2D eigenvalue weighted by Crippen LogP contribution is 2.40. The van der Waals surface area contributed by atoms with E-state index in [1.54, 1.807) is 0 Å². The van der Waals surface area contributed by atoms with Crippen molar-refractivity contribution >= 4 is 0 Å². The van der Waals surface area contributed by atoms with E-state index in [0.29, 0.717) is 18.4 Å². The zero-order valence-corrected chi connectivity index (χ0v) is 16.2. The lowest BCUT2D eigenvalue weighted by Gasteiger charge is -2.32. The van der Waals surface area contributed by atoms with Crippen molar-refractivity contribution in [3.05, 3.63) is 108 Å². The van der Waals surface area contributed by atoms with Crippen LogP contribution in [0.2, 0.25) is 0 Å². The summed E-state index contributed by atoms with van der Waals surface area (Å²) >= 11 is 0. The van der Waals surface area contributed by atoms with E-state index >= 15 is 0 Å². The van der Waals surface area contributed by atoms with E-state index in [-0.39, 0.29) is 6.04 Å². The summed E-state index contributed by atoms with van der Waals surface area (Å²) in [6.07, 6.45) is 5.82. The number of nitrogens with two attached hydrogens (primary N) is 1. The van der Waals surface area contributed by atoms with Crippen LogP contribution in [0.4, 0.5) is 0 Å². The molecule has 3 aromatic rings. The molecule has 2 heteroatoms. The minimum Gasteiger partial charge on any atom is -0.489 e. The van der Waals surface area contributed by atoms with E-state index in [1.165, 1.54) is 23.1 Å². The average Bonchev–Trinajstić information content (AvgIpc) is 2.79. The first-order valence-electron chi connectivity index (χ1n) is 10.2. The first kappa shape index (κ1) is 18.8. The number of hydrogen-bond donors (Lipinski definition) is 1. The summed E-state index contributed by atoms with van der Waals surface area (Å²) in [6.45, 7) is 0.606. The van der Waals surface area contributed by atoms with Crippen LogP contribution in [0.1, 0.15) is 47.9 Å². The van der Waals surface area contributed by atoms with Crippen molar-refractivity contribution in [1.82, 2.24) is 0 Å². The van der Waals surface area contributed by atoms with Gasteiger partial charge in [-0.15, -0.1) is 0 Å². The zero-order chi connectivity index (χ0) is 19.2.